The van der Waals surface area contributed by atoms with Gasteiger partial charge in [-0.2, -0.15) is 5.10 Å². The predicted molar refractivity (Wildman–Crippen MR) is 96.4 cm³/mol. The monoisotopic (exact) mass is 378 g/mol. The first kappa shape index (κ1) is 19.3. The fraction of sp³-hybridized carbons (Fsp3) is 0.667. The van der Waals surface area contributed by atoms with Gasteiger partial charge in [-0.1, -0.05) is 0 Å². The van der Waals surface area contributed by atoms with E-state index in [1.165, 1.54) is 5.01 Å². The second-order valence-electron chi connectivity index (χ2n) is 7.30. The molecular formula is C18H26N4O5. The normalized spacial score (nSPS) is 25.7. The van der Waals surface area contributed by atoms with Gasteiger partial charge in [0.2, 0.25) is 0 Å². The summed E-state index contributed by atoms with van der Waals surface area (Å²) in [6.45, 7) is 7.92. The average molecular weight is 378 g/mol. The van der Waals surface area contributed by atoms with Crippen LogP contribution in [0.5, 0.6) is 0 Å². The maximum absolute atomic E-state index is 13.2. The lowest BCUT2D eigenvalue weighted by Gasteiger charge is -2.46. The first-order valence-corrected chi connectivity index (χ1v) is 9.09. The van der Waals surface area contributed by atoms with Gasteiger partial charge in [-0.3, -0.25) is 14.4 Å². The van der Waals surface area contributed by atoms with E-state index >= 15 is 0 Å². The maximum atomic E-state index is 13.2. The molecule has 3 aliphatic heterocycles. The Bertz CT molecular complexity index is 746. The van der Waals surface area contributed by atoms with Crippen molar-refractivity contribution >= 4 is 23.5 Å². The second-order valence-corrected chi connectivity index (χ2v) is 7.30. The zero-order chi connectivity index (χ0) is 19.9. The third-order valence-corrected chi connectivity index (χ3v) is 5.23. The van der Waals surface area contributed by atoms with E-state index in [1.54, 1.807) is 23.8 Å². The van der Waals surface area contributed by atoms with Crippen molar-refractivity contribution in [1.29, 1.82) is 0 Å². The van der Waals surface area contributed by atoms with E-state index in [2.05, 4.69) is 5.10 Å². The van der Waals surface area contributed by atoms with E-state index in [0.29, 0.717) is 18.6 Å². The molecular weight excluding hydrogens is 352 g/mol. The number of amides is 2. The summed E-state index contributed by atoms with van der Waals surface area (Å²) in [5, 5.41) is 5.78. The highest BCUT2D eigenvalue weighted by Crippen LogP contribution is 2.42. The van der Waals surface area contributed by atoms with Gasteiger partial charge >= 0.3 is 5.97 Å². The van der Waals surface area contributed by atoms with Crippen LogP contribution < -0.4 is 0 Å². The van der Waals surface area contributed by atoms with Crippen LogP contribution in [0.1, 0.15) is 34.1 Å². The maximum Gasteiger partial charge on any atom is 0.325 e. The van der Waals surface area contributed by atoms with Gasteiger partial charge in [-0.25, -0.2) is 5.01 Å². The van der Waals surface area contributed by atoms with Crippen LogP contribution in [0.15, 0.2) is 16.4 Å². The highest BCUT2D eigenvalue weighted by molar-refractivity contribution is 6.11. The molecule has 0 aromatic heterocycles. The topological polar surface area (TPSA) is 91.8 Å². The van der Waals surface area contributed by atoms with E-state index in [1.807, 2.05) is 20.8 Å². The lowest BCUT2D eigenvalue weighted by Crippen LogP contribution is -2.61. The van der Waals surface area contributed by atoms with Crippen molar-refractivity contribution in [3.8, 4) is 0 Å². The lowest BCUT2D eigenvalue weighted by atomic mass is 9.97. The largest absolute Gasteiger partial charge is 0.465 e. The molecule has 0 aromatic carbocycles. The highest BCUT2D eigenvalue weighted by atomic mass is 16.5. The number of rotatable bonds is 6. The van der Waals surface area contributed by atoms with Gasteiger partial charge in [-0.05, 0) is 27.7 Å². The zero-order valence-corrected chi connectivity index (χ0v) is 16.4. The summed E-state index contributed by atoms with van der Waals surface area (Å²) in [4.78, 5) is 41.8. The quantitative estimate of drug-likeness (QED) is 0.618. The Hall–Kier alpha value is -2.42. The van der Waals surface area contributed by atoms with Gasteiger partial charge < -0.3 is 19.3 Å². The highest BCUT2D eigenvalue weighted by Gasteiger charge is 2.56. The molecule has 0 fully saturated rings. The Morgan fingerprint density at radius 2 is 2.04 bits per heavy atom. The molecule has 2 amide bonds. The number of fused-ring (bicyclic) bond motifs is 1. The van der Waals surface area contributed by atoms with Crippen LogP contribution in [0, 0.1) is 0 Å². The fourth-order valence-corrected chi connectivity index (χ4v) is 4.02. The van der Waals surface area contributed by atoms with Crippen LogP contribution in [-0.2, 0) is 23.9 Å². The summed E-state index contributed by atoms with van der Waals surface area (Å²) < 4.78 is 10.3. The molecule has 148 valence electrons. The molecule has 2 atom stereocenters. The molecule has 9 nitrogen and oxygen atoms in total. The summed E-state index contributed by atoms with van der Waals surface area (Å²) in [5.41, 5.74) is 0.518. The number of hydrogen-bond donors (Lipinski definition) is 0. The molecule has 27 heavy (non-hydrogen) atoms. The molecule has 9 heteroatoms. The Labute approximate surface area is 158 Å². The SMILES string of the molecule is CCOC(=O)CN1C2=C(CN([C@@H](C)COC)C2=O)C(=O)N2N=C(C)CC12C. The van der Waals surface area contributed by atoms with Crippen molar-refractivity contribution in [1.82, 2.24) is 14.8 Å². The van der Waals surface area contributed by atoms with Crippen LogP contribution >= 0.6 is 0 Å². The second kappa shape index (κ2) is 6.95. The number of nitrogens with zero attached hydrogens (tertiary/aromatic N) is 4. The molecule has 0 radical (unpaired) electrons. The van der Waals surface area contributed by atoms with E-state index in [4.69, 9.17) is 9.47 Å². The summed E-state index contributed by atoms with van der Waals surface area (Å²) in [5.74, 6) is -0.997. The van der Waals surface area contributed by atoms with Crippen LogP contribution in [-0.4, -0.2) is 83.4 Å². The summed E-state index contributed by atoms with van der Waals surface area (Å²) >= 11 is 0. The molecule has 0 bridgehead atoms. The smallest absolute Gasteiger partial charge is 0.325 e. The molecule has 0 aromatic rings. The third kappa shape index (κ3) is 2.99. The van der Waals surface area contributed by atoms with Gasteiger partial charge in [0, 0.05) is 19.2 Å². The number of hydrazone groups is 1. The Morgan fingerprint density at radius 3 is 2.67 bits per heavy atom. The van der Waals surface area contributed by atoms with Crippen molar-refractivity contribution in [3.63, 3.8) is 0 Å². The van der Waals surface area contributed by atoms with E-state index in [0.717, 1.165) is 5.71 Å². The van der Waals surface area contributed by atoms with Gasteiger partial charge in [-0.15, -0.1) is 0 Å². The van der Waals surface area contributed by atoms with Crippen LogP contribution in [0.3, 0.4) is 0 Å². The lowest BCUT2D eigenvalue weighted by molar-refractivity contribution is -0.154. The average Bonchev–Trinajstić information content (AvgIpc) is 3.10. The molecule has 0 saturated carbocycles. The zero-order valence-electron chi connectivity index (χ0n) is 16.4. The minimum atomic E-state index is -0.900. The van der Waals surface area contributed by atoms with Crippen LogP contribution in [0.2, 0.25) is 0 Å². The molecule has 3 heterocycles. The summed E-state index contributed by atoms with van der Waals surface area (Å²) in [6, 6.07) is -0.196. The van der Waals surface area contributed by atoms with Gasteiger partial charge in [0.25, 0.3) is 11.8 Å². The van der Waals surface area contributed by atoms with Gasteiger partial charge in [0.05, 0.1) is 31.4 Å². The number of carbonyl (C=O) groups excluding carboxylic acids is 3. The Morgan fingerprint density at radius 1 is 1.33 bits per heavy atom. The summed E-state index contributed by atoms with van der Waals surface area (Å²) in [7, 11) is 1.57. The number of hydrogen-bond acceptors (Lipinski definition) is 7. The number of ether oxygens (including phenoxy) is 2. The number of carbonyl (C=O) groups is 3. The van der Waals surface area contributed by atoms with Crippen LogP contribution in [0.4, 0.5) is 0 Å². The van der Waals surface area contributed by atoms with Gasteiger partial charge in [0.15, 0.2) is 0 Å². The molecule has 0 N–H and O–H groups in total. The minimum Gasteiger partial charge on any atom is -0.465 e. The minimum absolute atomic E-state index is 0.117. The molecule has 0 spiro atoms. The standard InChI is InChI=1S/C18H26N4O5/c1-6-27-14(23)9-21-15-13(8-20(17(15)25)12(3)10-26-5)16(24)22-18(21,4)7-11(2)19-22/h12H,6-10H2,1-5H3/t12-,18?/m0/s1. The van der Waals surface area contributed by atoms with E-state index in [9.17, 15) is 14.4 Å². The first-order chi connectivity index (χ1) is 12.7. The summed E-state index contributed by atoms with van der Waals surface area (Å²) in [6.07, 6.45) is 0.454. The Balaban J connectivity index is 2.01. The van der Waals surface area contributed by atoms with Crippen molar-refractivity contribution in [2.45, 2.75) is 45.8 Å². The van der Waals surface area contributed by atoms with Crippen molar-refractivity contribution in [3.05, 3.63) is 11.3 Å². The van der Waals surface area contributed by atoms with E-state index in [-0.39, 0.29) is 43.2 Å². The first-order valence-electron chi connectivity index (χ1n) is 9.09. The van der Waals surface area contributed by atoms with Crippen molar-refractivity contribution in [2.75, 3.05) is 33.4 Å². The fourth-order valence-electron chi connectivity index (χ4n) is 4.02. The molecule has 0 aliphatic carbocycles. The molecule has 0 saturated heterocycles. The Kier molecular flexibility index (Phi) is 4.98. The molecule has 3 aliphatic rings. The molecule has 3 rings (SSSR count). The van der Waals surface area contributed by atoms with E-state index < -0.39 is 11.6 Å². The predicted octanol–water partition coefficient (Wildman–Crippen LogP) is 0.321. The van der Waals surface area contributed by atoms with Crippen LogP contribution in [0.25, 0.3) is 0 Å². The van der Waals surface area contributed by atoms with Gasteiger partial charge in [0.1, 0.15) is 17.9 Å². The third-order valence-electron chi connectivity index (χ3n) is 5.23. The van der Waals surface area contributed by atoms with Crippen molar-refractivity contribution < 1.29 is 23.9 Å². The molecule has 1 unspecified atom stereocenters. The van der Waals surface area contributed by atoms with Crippen molar-refractivity contribution in [2.24, 2.45) is 5.10 Å². The number of esters is 1. The number of methoxy groups -OCH3 is 1.